The van der Waals surface area contributed by atoms with Crippen LogP contribution in [0.25, 0.3) is 0 Å². The number of rotatable bonds is 6. The molecule has 2 N–H and O–H groups in total. The Labute approximate surface area is 104 Å². The van der Waals surface area contributed by atoms with Crippen molar-refractivity contribution >= 4 is 5.91 Å². The third-order valence-corrected chi connectivity index (χ3v) is 2.16. The first kappa shape index (κ1) is 14.4. The Hall–Kier alpha value is -1.69. The highest BCUT2D eigenvalue weighted by Gasteiger charge is 2.17. The van der Waals surface area contributed by atoms with Gasteiger partial charge < -0.3 is 15.2 Å². The highest BCUT2D eigenvalue weighted by Crippen LogP contribution is 2.11. The number of hydrogen-bond acceptors (Lipinski definition) is 3. The van der Waals surface area contributed by atoms with Crippen LogP contribution in [-0.2, 0) is 4.79 Å². The average Bonchev–Trinajstić information content (AvgIpc) is 2.33. The summed E-state index contributed by atoms with van der Waals surface area (Å²) in [5.41, 5.74) is 0.987. The summed E-state index contributed by atoms with van der Waals surface area (Å²) in [6.45, 7) is 1.11. The highest BCUT2D eigenvalue weighted by atomic mass is 19.3. The summed E-state index contributed by atoms with van der Waals surface area (Å²) in [6.07, 6.45) is -4.73. The number of halogens is 2. The van der Waals surface area contributed by atoms with Crippen LogP contribution in [0.15, 0.2) is 24.3 Å². The minimum absolute atomic E-state index is 0.278. The highest BCUT2D eigenvalue weighted by molar-refractivity contribution is 5.77. The molecule has 1 atom stereocenters. The number of aliphatic hydroxyl groups excluding tert-OH is 1. The molecule has 4 nitrogen and oxygen atoms in total. The van der Waals surface area contributed by atoms with Crippen molar-refractivity contribution in [3.8, 4) is 5.75 Å². The summed E-state index contributed by atoms with van der Waals surface area (Å²) in [5.74, 6) is -0.0317. The standard InChI is InChI=1S/C12H15F2NO3/c1-8-3-2-4-9(5-8)18-7-11(17)15-6-10(16)12(13)14/h2-5,10,12,16H,6-7H2,1H3,(H,15,17). The molecule has 1 amide bonds. The van der Waals surface area contributed by atoms with Crippen LogP contribution in [0.5, 0.6) is 5.75 Å². The molecule has 0 aromatic heterocycles. The van der Waals surface area contributed by atoms with Crippen molar-refractivity contribution in [3.05, 3.63) is 29.8 Å². The van der Waals surface area contributed by atoms with Gasteiger partial charge in [0, 0.05) is 6.54 Å². The summed E-state index contributed by atoms with van der Waals surface area (Å²) < 4.78 is 29.0. The van der Waals surface area contributed by atoms with Crippen molar-refractivity contribution in [1.82, 2.24) is 5.32 Å². The van der Waals surface area contributed by atoms with Crippen LogP contribution in [0.3, 0.4) is 0 Å². The number of aryl methyl sites for hydroxylation is 1. The Morgan fingerprint density at radius 3 is 2.83 bits per heavy atom. The average molecular weight is 259 g/mol. The van der Waals surface area contributed by atoms with Gasteiger partial charge in [0.15, 0.2) is 6.61 Å². The molecule has 1 unspecified atom stereocenters. The monoisotopic (exact) mass is 259 g/mol. The van der Waals surface area contributed by atoms with E-state index in [0.29, 0.717) is 5.75 Å². The summed E-state index contributed by atoms with van der Waals surface area (Å²) in [7, 11) is 0. The van der Waals surface area contributed by atoms with Crippen LogP contribution in [0.2, 0.25) is 0 Å². The van der Waals surface area contributed by atoms with Crippen molar-refractivity contribution in [2.45, 2.75) is 19.5 Å². The number of nitrogens with one attached hydrogen (secondary N) is 1. The molecule has 0 saturated carbocycles. The van der Waals surface area contributed by atoms with Gasteiger partial charge in [-0.2, -0.15) is 0 Å². The maximum atomic E-state index is 11.9. The van der Waals surface area contributed by atoms with E-state index < -0.39 is 25.0 Å². The molecule has 0 radical (unpaired) electrons. The lowest BCUT2D eigenvalue weighted by atomic mass is 10.2. The summed E-state index contributed by atoms with van der Waals surface area (Å²) >= 11 is 0. The van der Waals surface area contributed by atoms with E-state index in [2.05, 4.69) is 5.32 Å². The van der Waals surface area contributed by atoms with E-state index in [9.17, 15) is 13.6 Å². The largest absolute Gasteiger partial charge is 0.484 e. The topological polar surface area (TPSA) is 58.6 Å². The van der Waals surface area contributed by atoms with E-state index in [1.807, 2.05) is 13.0 Å². The lowest BCUT2D eigenvalue weighted by Gasteiger charge is -2.11. The smallest absolute Gasteiger partial charge is 0.265 e. The molecule has 1 aromatic carbocycles. The molecule has 0 saturated heterocycles. The van der Waals surface area contributed by atoms with Gasteiger partial charge in [0.1, 0.15) is 11.9 Å². The van der Waals surface area contributed by atoms with E-state index in [1.165, 1.54) is 0 Å². The van der Waals surface area contributed by atoms with Crippen molar-refractivity contribution in [3.63, 3.8) is 0 Å². The van der Waals surface area contributed by atoms with Crippen molar-refractivity contribution in [2.24, 2.45) is 0 Å². The molecule has 0 aliphatic heterocycles. The fourth-order valence-corrected chi connectivity index (χ4v) is 1.21. The molecule has 0 fully saturated rings. The second kappa shape index (κ2) is 6.90. The normalized spacial score (nSPS) is 12.3. The molecule has 0 spiro atoms. The van der Waals surface area contributed by atoms with Gasteiger partial charge in [0.2, 0.25) is 0 Å². The Bertz CT molecular complexity index is 399. The Kier molecular flexibility index (Phi) is 5.51. The maximum absolute atomic E-state index is 11.9. The number of carbonyl (C=O) groups is 1. The number of hydrogen-bond donors (Lipinski definition) is 2. The van der Waals surface area contributed by atoms with Crippen LogP contribution in [0.4, 0.5) is 8.78 Å². The molecular formula is C12H15F2NO3. The molecule has 18 heavy (non-hydrogen) atoms. The number of amides is 1. The third-order valence-electron chi connectivity index (χ3n) is 2.16. The number of benzene rings is 1. The minimum Gasteiger partial charge on any atom is -0.484 e. The lowest BCUT2D eigenvalue weighted by Crippen LogP contribution is -2.38. The quantitative estimate of drug-likeness (QED) is 0.804. The van der Waals surface area contributed by atoms with E-state index in [1.54, 1.807) is 18.2 Å². The summed E-state index contributed by atoms with van der Waals surface area (Å²) in [6, 6.07) is 7.10. The van der Waals surface area contributed by atoms with Gasteiger partial charge >= 0.3 is 0 Å². The van der Waals surface area contributed by atoms with E-state index >= 15 is 0 Å². The van der Waals surface area contributed by atoms with E-state index in [-0.39, 0.29) is 6.61 Å². The minimum atomic E-state index is -2.87. The fraction of sp³-hybridized carbons (Fsp3) is 0.417. The van der Waals surface area contributed by atoms with Gasteiger partial charge in [-0.05, 0) is 24.6 Å². The number of aliphatic hydroxyl groups is 1. The van der Waals surface area contributed by atoms with E-state index in [0.717, 1.165) is 5.56 Å². The Morgan fingerprint density at radius 1 is 1.50 bits per heavy atom. The second-order valence-electron chi connectivity index (χ2n) is 3.81. The molecule has 0 heterocycles. The van der Waals surface area contributed by atoms with Gasteiger partial charge in [-0.1, -0.05) is 12.1 Å². The zero-order valence-electron chi connectivity index (χ0n) is 9.90. The van der Waals surface area contributed by atoms with Crippen LogP contribution in [0.1, 0.15) is 5.56 Å². The summed E-state index contributed by atoms with van der Waals surface area (Å²) in [5, 5.41) is 10.9. The van der Waals surface area contributed by atoms with E-state index in [4.69, 9.17) is 9.84 Å². The molecule has 6 heteroatoms. The van der Waals surface area contributed by atoms with Crippen molar-refractivity contribution < 1.29 is 23.4 Å². The van der Waals surface area contributed by atoms with Gasteiger partial charge in [0.25, 0.3) is 12.3 Å². The number of carbonyl (C=O) groups excluding carboxylic acids is 1. The molecule has 0 bridgehead atoms. The van der Waals surface area contributed by atoms with Crippen molar-refractivity contribution in [1.29, 1.82) is 0 Å². The first-order valence-corrected chi connectivity index (χ1v) is 5.41. The fourth-order valence-electron chi connectivity index (χ4n) is 1.21. The van der Waals surface area contributed by atoms with Gasteiger partial charge in [-0.3, -0.25) is 4.79 Å². The summed E-state index contributed by atoms with van der Waals surface area (Å²) in [4.78, 5) is 11.2. The molecular weight excluding hydrogens is 244 g/mol. The number of ether oxygens (including phenoxy) is 1. The zero-order valence-corrected chi connectivity index (χ0v) is 9.90. The zero-order chi connectivity index (χ0) is 13.5. The maximum Gasteiger partial charge on any atom is 0.265 e. The molecule has 0 aliphatic rings. The molecule has 100 valence electrons. The third kappa shape index (κ3) is 5.09. The predicted molar refractivity (Wildman–Crippen MR) is 61.7 cm³/mol. The van der Waals surface area contributed by atoms with Crippen LogP contribution in [0, 0.1) is 6.92 Å². The first-order chi connectivity index (χ1) is 8.49. The van der Waals surface area contributed by atoms with Crippen molar-refractivity contribution in [2.75, 3.05) is 13.2 Å². The predicted octanol–water partition coefficient (Wildman–Crippen LogP) is 1.12. The first-order valence-electron chi connectivity index (χ1n) is 5.41. The van der Waals surface area contributed by atoms with Crippen LogP contribution >= 0.6 is 0 Å². The Morgan fingerprint density at radius 2 is 2.22 bits per heavy atom. The van der Waals surface area contributed by atoms with Gasteiger partial charge in [-0.15, -0.1) is 0 Å². The molecule has 0 aliphatic carbocycles. The molecule has 1 aromatic rings. The Balaban J connectivity index is 2.29. The van der Waals surface area contributed by atoms with Crippen LogP contribution < -0.4 is 10.1 Å². The second-order valence-corrected chi connectivity index (χ2v) is 3.81. The molecule has 1 rings (SSSR count). The number of alkyl halides is 2. The van der Waals surface area contributed by atoms with Crippen LogP contribution in [-0.4, -0.2) is 36.7 Å². The van der Waals surface area contributed by atoms with Gasteiger partial charge in [0.05, 0.1) is 0 Å². The lowest BCUT2D eigenvalue weighted by molar-refractivity contribution is -0.124. The van der Waals surface area contributed by atoms with Gasteiger partial charge in [-0.25, -0.2) is 8.78 Å². The SMILES string of the molecule is Cc1cccc(OCC(=O)NCC(O)C(F)F)c1.